The molecule has 0 aliphatic carbocycles. The molecule has 0 spiro atoms. The van der Waals surface area contributed by atoms with Gasteiger partial charge >= 0.3 is 18.2 Å². The Hall–Kier alpha value is -2.62. The molecule has 0 fully saturated rings. The van der Waals surface area contributed by atoms with Crippen molar-refractivity contribution in [3.05, 3.63) is 45.9 Å². The van der Waals surface area contributed by atoms with Crippen LogP contribution in [0, 0.1) is 0 Å². The summed E-state index contributed by atoms with van der Waals surface area (Å²) in [6.45, 7) is 3.73. The number of aromatic nitrogens is 1. The number of carbonyl (C=O) groups excluding carboxylic acids is 2. The van der Waals surface area contributed by atoms with E-state index in [9.17, 15) is 22.8 Å². The monoisotopic (exact) mass is 401 g/mol. The molecule has 0 atom stereocenters. The van der Waals surface area contributed by atoms with Gasteiger partial charge in [0.05, 0.1) is 19.2 Å². The minimum absolute atomic E-state index is 0.145. The molecule has 0 bridgehead atoms. The highest BCUT2D eigenvalue weighted by Crippen LogP contribution is 2.30. The third kappa shape index (κ3) is 5.43. The highest BCUT2D eigenvalue weighted by atomic mass is 32.1. The van der Waals surface area contributed by atoms with Gasteiger partial charge in [0.25, 0.3) is 0 Å². The van der Waals surface area contributed by atoms with Crippen molar-refractivity contribution in [2.45, 2.75) is 32.6 Å². The van der Waals surface area contributed by atoms with E-state index < -0.39 is 23.7 Å². The van der Waals surface area contributed by atoms with Gasteiger partial charge < -0.3 is 15.0 Å². The van der Waals surface area contributed by atoms with Gasteiger partial charge in [-0.05, 0) is 38.1 Å². The van der Waals surface area contributed by atoms with Crippen molar-refractivity contribution in [1.29, 1.82) is 0 Å². The Balaban J connectivity index is 2.08. The third-order valence-corrected chi connectivity index (χ3v) is 4.43. The summed E-state index contributed by atoms with van der Waals surface area (Å²) in [6, 6.07) is 3.50. The Bertz CT molecular complexity index is 804. The number of halogens is 3. The van der Waals surface area contributed by atoms with Crippen LogP contribution in [0.1, 0.15) is 34.9 Å². The number of hydrogen-bond acceptors (Lipinski definition) is 5. The first kappa shape index (κ1) is 20.7. The zero-order chi connectivity index (χ0) is 20.2. The predicted molar refractivity (Wildman–Crippen MR) is 94.6 cm³/mol. The van der Waals surface area contributed by atoms with E-state index in [1.165, 1.54) is 40.9 Å². The summed E-state index contributed by atoms with van der Waals surface area (Å²) in [5, 5.41) is 4.64. The first-order valence-electron chi connectivity index (χ1n) is 7.89. The number of rotatable bonds is 5. The topological polar surface area (TPSA) is 71.5 Å². The molecule has 146 valence electrons. The normalized spacial score (nSPS) is 11.4. The van der Waals surface area contributed by atoms with Crippen molar-refractivity contribution in [1.82, 2.24) is 9.88 Å². The molecule has 0 aliphatic heterocycles. The molecule has 0 saturated carbocycles. The van der Waals surface area contributed by atoms with Crippen molar-refractivity contribution < 1.29 is 27.5 Å². The zero-order valence-corrected chi connectivity index (χ0v) is 15.6. The molecular weight excluding hydrogens is 383 g/mol. The summed E-state index contributed by atoms with van der Waals surface area (Å²) in [7, 11) is 1.25. The number of benzene rings is 1. The van der Waals surface area contributed by atoms with E-state index in [1.807, 2.05) is 0 Å². The standard InChI is InChI=1S/C17H18F3N3O3S/c1-10(2)23(8-14-22-13(9-27-14)15(24)26-3)16(25)21-12-6-4-11(5-7-12)17(18,19)20/h4-7,9-10H,8H2,1-3H3,(H,21,25). The van der Waals surface area contributed by atoms with Gasteiger partial charge in [-0.15, -0.1) is 11.3 Å². The first-order valence-corrected chi connectivity index (χ1v) is 8.77. The Morgan fingerprint density at radius 3 is 2.41 bits per heavy atom. The van der Waals surface area contributed by atoms with Crippen LogP contribution < -0.4 is 5.32 Å². The maximum absolute atomic E-state index is 12.6. The lowest BCUT2D eigenvalue weighted by Crippen LogP contribution is -2.39. The van der Waals surface area contributed by atoms with E-state index in [2.05, 4.69) is 15.0 Å². The van der Waals surface area contributed by atoms with Gasteiger partial charge in [0, 0.05) is 17.1 Å². The number of methoxy groups -OCH3 is 1. The largest absolute Gasteiger partial charge is 0.464 e. The molecule has 1 aromatic carbocycles. The number of ether oxygens (including phenoxy) is 1. The fraction of sp³-hybridized carbons (Fsp3) is 0.353. The van der Waals surface area contributed by atoms with E-state index in [0.29, 0.717) is 5.01 Å². The summed E-state index contributed by atoms with van der Waals surface area (Å²) >= 11 is 1.21. The SMILES string of the molecule is COC(=O)c1csc(CN(C(=O)Nc2ccc(C(F)(F)F)cc2)C(C)C)n1. The molecule has 0 radical (unpaired) electrons. The van der Waals surface area contributed by atoms with Gasteiger partial charge in [0.1, 0.15) is 5.01 Å². The average Bonchev–Trinajstić information content (AvgIpc) is 3.07. The summed E-state index contributed by atoms with van der Waals surface area (Å²) < 4.78 is 42.4. The van der Waals surface area contributed by atoms with Crippen LogP contribution in [-0.2, 0) is 17.5 Å². The third-order valence-electron chi connectivity index (χ3n) is 3.60. The van der Waals surface area contributed by atoms with Crippen molar-refractivity contribution in [3.8, 4) is 0 Å². The Morgan fingerprint density at radius 1 is 1.26 bits per heavy atom. The average molecular weight is 401 g/mol. The summed E-state index contributed by atoms with van der Waals surface area (Å²) in [5.41, 5.74) is -0.392. The number of thiazole rings is 1. The molecule has 2 rings (SSSR count). The fourth-order valence-electron chi connectivity index (χ4n) is 2.15. The predicted octanol–water partition coefficient (Wildman–Crippen LogP) is 4.39. The van der Waals surface area contributed by atoms with Gasteiger partial charge in [-0.1, -0.05) is 0 Å². The number of esters is 1. The van der Waals surface area contributed by atoms with E-state index >= 15 is 0 Å². The molecular formula is C17H18F3N3O3S. The number of alkyl halides is 3. The molecule has 10 heteroatoms. The highest BCUT2D eigenvalue weighted by molar-refractivity contribution is 7.09. The molecule has 27 heavy (non-hydrogen) atoms. The summed E-state index contributed by atoms with van der Waals surface area (Å²) in [6.07, 6.45) is -4.44. The molecule has 1 N–H and O–H groups in total. The molecule has 0 aliphatic rings. The molecule has 1 heterocycles. The number of amides is 2. The number of anilines is 1. The van der Waals surface area contributed by atoms with Crippen LogP contribution in [0.3, 0.4) is 0 Å². The number of carbonyl (C=O) groups is 2. The summed E-state index contributed by atoms with van der Waals surface area (Å²) in [4.78, 5) is 29.6. The lowest BCUT2D eigenvalue weighted by Gasteiger charge is -2.26. The van der Waals surface area contributed by atoms with Gasteiger partial charge in [-0.25, -0.2) is 14.6 Å². The minimum atomic E-state index is -4.44. The molecule has 1 aromatic heterocycles. The zero-order valence-electron chi connectivity index (χ0n) is 14.8. The second-order valence-electron chi connectivity index (χ2n) is 5.84. The van der Waals surface area contributed by atoms with Crippen LogP contribution in [0.2, 0.25) is 0 Å². The lowest BCUT2D eigenvalue weighted by molar-refractivity contribution is -0.137. The van der Waals surface area contributed by atoms with Crippen LogP contribution in [0.25, 0.3) is 0 Å². The maximum atomic E-state index is 12.6. The van der Waals surface area contributed by atoms with Gasteiger partial charge in [0.15, 0.2) is 5.69 Å². The van der Waals surface area contributed by atoms with Gasteiger partial charge in [-0.3, -0.25) is 0 Å². The van der Waals surface area contributed by atoms with Crippen LogP contribution >= 0.6 is 11.3 Å². The van der Waals surface area contributed by atoms with Crippen LogP contribution in [0.4, 0.5) is 23.7 Å². The van der Waals surface area contributed by atoms with Crippen LogP contribution in [0.15, 0.2) is 29.6 Å². The Morgan fingerprint density at radius 2 is 1.89 bits per heavy atom. The number of nitrogens with zero attached hydrogens (tertiary/aromatic N) is 2. The van der Waals surface area contributed by atoms with Gasteiger partial charge in [-0.2, -0.15) is 13.2 Å². The maximum Gasteiger partial charge on any atom is 0.416 e. The van der Waals surface area contributed by atoms with Crippen molar-refractivity contribution in [2.24, 2.45) is 0 Å². The van der Waals surface area contributed by atoms with Crippen molar-refractivity contribution >= 4 is 29.0 Å². The van der Waals surface area contributed by atoms with Crippen LogP contribution in [-0.4, -0.2) is 35.0 Å². The first-order chi connectivity index (χ1) is 12.6. The smallest absolute Gasteiger partial charge is 0.416 e. The van der Waals surface area contributed by atoms with Crippen LogP contribution in [0.5, 0.6) is 0 Å². The van der Waals surface area contributed by atoms with E-state index in [4.69, 9.17) is 0 Å². The summed E-state index contributed by atoms with van der Waals surface area (Å²) in [5.74, 6) is -0.567. The molecule has 2 aromatic rings. The van der Waals surface area contributed by atoms with E-state index in [1.54, 1.807) is 13.8 Å². The van der Waals surface area contributed by atoms with Crippen molar-refractivity contribution in [3.63, 3.8) is 0 Å². The quantitative estimate of drug-likeness (QED) is 0.755. The highest BCUT2D eigenvalue weighted by Gasteiger charge is 2.30. The minimum Gasteiger partial charge on any atom is -0.464 e. The van der Waals surface area contributed by atoms with E-state index in [-0.39, 0.29) is 24.0 Å². The lowest BCUT2D eigenvalue weighted by atomic mass is 10.2. The molecule has 2 amide bonds. The Labute approximate surface area is 158 Å². The van der Waals surface area contributed by atoms with Gasteiger partial charge in [0.2, 0.25) is 0 Å². The number of hydrogen-bond donors (Lipinski definition) is 1. The molecule has 6 nitrogen and oxygen atoms in total. The molecule has 0 unspecified atom stereocenters. The number of nitrogens with one attached hydrogen (secondary N) is 1. The Kier molecular flexibility index (Phi) is 6.42. The van der Waals surface area contributed by atoms with Crippen molar-refractivity contribution in [2.75, 3.05) is 12.4 Å². The number of urea groups is 1. The fourth-order valence-corrected chi connectivity index (χ4v) is 2.92. The van der Waals surface area contributed by atoms with E-state index in [0.717, 1.165) is 12.1 Å². The molecule has 0 saturated heterocycles. The second kappa shape index (κ2) is 8.38. The second-order valence-corrected chi connectivity index (χ2v) is 6.79.